The van der Waals surface area contributed by atoms with Crippen LogP contribution < -0.4 is 5.32 Å². The van der Waals surface area contributed by atoms with Crippen molar-refractivity contribution in [3.8, 4) is 11.9 Å². The van der Waals surface area contributed by atoms with Crippen LogP contribution in [0.1, 0.15) is 34.7 Å². The summed E-state index contributed by atoms with van der Waals surface area (Å²) < 4.78 is 62.1. The van der Waals surface area contributed by atoms with E-state index in [1.165, 1.54) is 23.3 Å². The molecule has 0 spiro atoms. The third kappa shape index (κ3) is 4.38. The van der Waals surface area contributed by atoms with Gasteiger partial charge in [0.2, 0.25) is 0 Å². The zero-order valence-corrected chi connectivity index (χ0v) is 16.5. The van der Waals surface area contributed by atoms with Crippen molar-refractivity contribution in [1.29, 1.82) is 5.26 Å². The Morgan fingerprint density at radius 2 is 1.84 bits per heavy atom. The SMILES string of the molecule is C[C@@H](NC(=O)c1ccc(S(=O)(=O)C(F)(F)F)cc1)c1ncnn1-c1ccc(C#N)cn1. The zero-order valence-electron chi connectivity index (χ0n) is 15.7. The van der Waals surface area contributed by atoms with Gasteiger partial charge in [0.15, 0.2) is 11.6 Å². The lowest BCUT2D eigenvalue weighted by molar-refractivity contribution is -0.0436. The first-order valence-electron chi connectivity index (χ1n) is 8.53. The van der Waals surface area contributed by atoms with Crippen molar-refractivity contribution in [2.75, 3.05) is 0 Å². The van der Waals surface area contributed by atoms with Gasteiger partial charge in [-0.3, -0.25) is 4.79 Å². The first kappa shape index (κ1) is 21.9. The third-order valence-corrected chi connectivity index (χ3v) is 5.64. The normalized spacial score (nSPS) is 12.7. The summed E-state index contributed by atoms with van der Waals surface area (Å²) in [5, 5.41) is 15.5. The maximum absolute atomic E-state index is 12.6. The van der Waals surface area contributed by atoms with Crippen LogP contribution in [-0.4, -0.2) is 39.6 Å². The Morgan fingerprint density at radius 3 is 2.39 bits per heavy atom. The Balaban J connectivity index is 1.78. The number of hydrogen-bond acceptors (Lipinski definition) is 7. The number of aromatic nitrogens is 4. The molecule has 160 valence electrons. The van der Waals surface area contributed by atoms with Crippen LogP contribution >= 0.6 is 0 Å². The molecule has 1 N–H and O–H groups in total. The highest BCUT2D eigenvalue weighted by Crippen LogP contribution is 2.30. The lowest BCUT2D eigenvalue weighted by atomic mass is 10.2. The van der Waals surface area contributed by atoms with Gasteiger partial charge >= 0.3 is 5.51 Å². The van der Waals surface area contributed by atoms with E-state index < -0.39 is 32.2 Å². The molecule has 1 aromatic carbocycles. The van der Waals surface area contributed by atoms with Crippen molar-refractivity contribution in [3.63, 3.8) is 0 Å². The summed E-state index contributed by atoms with van der Waals surface area (Å²) in [6, 6.07) is 7.72. The summed E-state index contributed by atoms with van der Waals surface area (Å²) >= 11 is 0. The Bertz CT molecular complexity index is 1250. The minimum absolute atomic E-state index is 0.0458. The molecule has 0 bridgehead atoms. The predicted molar refractivity (Wildman–Crippen MR) is 99.4 cm³/mol. The smallest absolute Gasteiger partial charge is 0.342 e. The topological polar surface area (TPSA) is 131 Å². The molecule has 0 saturated heterocycles. The highest BCUT2D eigenvalue weighted by Gasteiger charge is 2.46. The van der Waals surface area contributed by atoms with Gasteiger partial charge in [0.1, 0.15) is 12.4 Å². The molecule has 0 saturated carbocycles. The molecule has 3 rings (SSSR count). The lowest BCUT2D eigenvalue weighted by Gasteiger charge is -2.14. The summed E-state index contributed by atoms with van der Waals surface area (Å²) in [5.74, 6) is 0.00179. The van der Waals surface area contributed by atoms with Crippen molar-refractivity contribution < 1.29 is 26.4 Å². The Morgan fingerprint density at radius 1 is 1.16 bits per heavy atom. The van der Waals surface area contributed by atoms with E-state index in [0.717, 1.165) is 12.1 Å². The molecule has 0 aliphatic heterocycles. The molecule has 2 aromatic heterocycles. The van der Waals surface area contributed by atoms with Gasteiger partial charge < -0.3 is 5.32 Å². The number of sulfone groups is 1. The fourth-order valence-electron chi connectivity index (χ4n) is 2.56. The summed E-state index contributed by atoms with van der Waals surface area (Å²) in [6.07, 6.45) is 2.59. The second kappa shape index (κ2) is 8.15. The number of carbonyl (C=O) groups is 1. The van der Waals surface area contributed by atoms with E-state index in [1.807, 2.05) is 6.07 Å². The molecule has 0 radical (unpaired) electrons. The van der Waals surface area contributed by atoms with Crippen LogP contribution in [0.5, 0.6) is 0 Å². The van der Waals surface area contributed by atoms with E-state index in [9.17, 15) is 26.4 Å². The van der Waals surface area contributed by atoms with Crippen molar-refractivity contribution in [2.24, 2.45) is 0 Å². The predicted octanol–water partition coefficient (Wildman–Crippen LogP) is 2.32. The number of nitrogens with zero attached hydrogens (tertiary/aromatic N) is 5. The van der Waals surface area contributed by atoms with Crippen molar-refractivity contribution in [2.45, 2.75) is 23.4 Å². The zero-order chi connectivity index (χ0) is 22.8. The molecule has 0 fully saturated rings. The Labute approximate surface area is 174 Å². The largest absolute Gasteiger partial charge is 0.501 e. The van der Waals surface area contributed by atoms with E-state index in [2.05, 4.69) is 20.4 Å². The average molecular weight is 450 g/mol. The number of nitrogens with one attached hydrogen (secondary N) is 1. The fourth-order valence-corrected chi connectivity index (χ4v) is 3.32. The van der Waals surface area contributed by atoms with Crippen LogP contribution in [0.25, 0.3) is 5.82 Å². The van der Waals surface area contributed by atoms with Gasteiger partial charge in [0.25, 0.3) is 15.7 Å². The van der Waals surface area contributed by atoms with Crippen molar-refractivity contribution >= 4 is 15.7 Å². The van der Waals surface area contributed by atoms with Crippen LogP contribution in [0.15, 0.2) is 53.8 Å². The van der Waals surface area contributed by atoms with Gasteiger partial charge in [-0.2, -0.15) is 28.2 Å². The first-order chi connectivity index (χ1) is 14.5. The van der Waals surface area contributed by atoms with Crippen LogP contribution in [-0.2, 0) is 9.84 Å². The number of benzene rings is 1. The van der Waals surface area contributed by atoms with Crippen LogP contribution in [0.4, 0.5) is 13.2 Å². The minimum Gasteiger partial charge on any atom is -0.342 e. The molecule has 13 heteroatoms. The van der Waals surface area contributed by atoms with Crippen LogP contribution in [0, 0.1) is 11.3 Å². The molecule has 31 heavy (non-hydrogen) atoms. The second-order valence-corrected chi connectivity index (χ2v) is 8.16. The van der Waals surface area contributed by atoms with E-state index in [-0.39, 0.29) is 5.56 Å². The average Bonchev–Trinajstić information content (AvgIpc) is 3.23. The highest BCUT2D eigenvalue weighted by molar-refractivity contribution is 7.92. The van der Waals surface area contributed by atoms with E-state index in [0.29, 0.717) is 29.3 Å². The van der Waals surface area contributed by atoms with Gasteiger partial charge in [-0.1, -0.05) is 0 Å². The van der Waals surface area contributed by atoms with Gasteiger partial charge in [0, 0.05) is 11.8 Å². The number of amides is 1. The maximum Gasteiger partial charge on any atom is 0.501 e. The lowest BCUT2D eigenvalue weighted by Crippen LogP contribution is -2.29. The number of rotatable bonds is 5. The Kier molecular flexibility index (Phi) is 5.76. The third-order valence-electron chi connectivity index (χ3n) is 4.13. The molecule has 1 amide bonds. The maximum atomic E-state index is 12.6. The van der Waals surface area contributed by atoms with E-state index in [4.69, 9.17) is 5.26 Å². The van der Waals surface area contributed by atoms with Crippen LogP contribution in [0.3, 0.4) is 0 Å². The molecular formula is C18H13F3N6O3S. The summed E-state index contributed by atoms with van der Waals surface area (Å²) in [7, 11) is -5.50. The van der Waals surface area contributed by atoms with E-state index >= 15 is 0 Å². The Hall–Kier alpha value is -3.79. The fraction of sp³-hybridized carbons (Fsp3) is 0.167. The molecule has 0 aliphatic carbocycles. The first-order valence-corrected chi connectivity index (χ1v) is 10.0. The standard InChI is InChI=1S/C18H13F3N6O3S/c1-11(16-24-10-25-27(16)15-7-2-12(8-22)9-23-15)26-17(28)13-3-5-14(6-4-13)31(29,30)18(19,20)21/h2-7,9-11H,1H3,(H,26,28)/t11-/m1/s1. The number of nitriles is 1. The molecule has 9 nitrogen and oxygen atoms in total. The number of carbonyl (C=O) groups excluding carboxylic acids is 1. The van der Waals surface area contributed by atoms with Gasteiger partial charge in [0.05, 0.1) is 16.5 Å². The minimum atomic E-state index is -5.50. The van der Waals surface area contributed by atoms with Gasteiger partial charge in [-0.05, 0) is 43.3 Å². The second-order valence-electron chi connectivity index (χ2n) is 6.22. The van der Waals surface area contributed by atoms with Crippen molar-refractivity contribution in [1.82, 2.24) is 25.1 Å². The monoisotopic (exact) mass is 450 g/mol. The molecule has 0 aliphatic rings. The molecule has 0 unspecified atom stereocenters. The summed E-state index contributed by atoms with van der Waals surface area (Å²) in [6.45, 7) is 1.60. The number of pyridine rings is 1. The number of hydrogen-bond donors (Lipinski definition) is 1. The quantitative estimate of drug-likeness (QED) is 0.631. The number of alkyl halides is 3. The van der Waals surface area contributed by atoms with Gasteiger partial charge in [-0.15, -0.1) is 0 Å². The molecule has 2 heterocycles. The molecule has 1 atom stereocenters. The summed E-state index contributed by atoms with van der Waals surface area (Å²) in [4.78, 5) is 19.7. The van der Waals surface area contributed by atoms with Crippen molar-refractivity contribution in [3.05, 3.63) is 65.9 Å². The van der Waals surface area contributed by atoms with E-state index in [1.54, 1.807) is 13.0 Å². The highest BCUT2D eigenvalue weighted by atomic mass is 32.2. The van der Waals surface area contributed by atoms with Gasteiger partial charge in [-0.25, -0.2) is 18.4 Å². The molecular weight excluding hydrogens is 437 g/mol. The van der Waals surface area contributed by atoms with Crippen LogP contribution in [0.2, 0.25) is 0 Å². The number of halogens is 3. The summed E-state index contributed by atoms with van der Waals surface area (Å²) in [5.41, 5.74) is -5.13. The molecule has 3 aromatic rings.